The van der Waals surface area contributed by atoms with E-state index in [0.717, 1.165) is 36.9 Å². The molecule has 0 aromatic heterocycles. The topological polar surface area (TPSA) is 18.5 Å². The van der Waals surface area contributed by atoms with E-state index in [9.17, 15) is 0 Å². The van der Waals surface area contributed by atoms with Crippen molar-refractivity contribution in [3.8, 4) is 0 Å². The Morgan fingerprint density at radius 2 is 1.07 bits per heavy atom. The van der Waals surface area contributed by atoms with Crippen LogP contribution in [0.15, 0.2) is 24.3 Å². The summed E-state index contributed by atoms with van der Waals surface area (Å²) in [6, 6.07) is 9.11. The van der Waals surface area contributed by atoms with Crippen molar-refractivity contribution in [2.75, 3.05) is 13.2 Å². The van der Waals surface area contributed by atoms with Crippen molar-refractivity contribution in [2.45, 2.75) is 91.3 Å². The molecule has 0 atom stereocenters. The first-order chi connectivity index (χ1) is 13.7. The second kappa shape index (κ2) is 10.8. The Morgan fingerprint density at radius 1 is 0.607 bits per heavy atom. The van der Waals surface area contributed by atoms with Crippen LogP contribution in [0, 0.1) is 23.7 Å². The van der Waals surface area contributed by atoms with Crippen molar-refractivity contribution >= 4 is 0 Å². The fraction of sp³-hybridized carbons (Fsp3) is 0.769. The number of benzene rings is 1. The van der Waals surface area contributed by atoms with Gasteiger partial charge < -0.3 is 9.47 Å². The first-order valence-electron chi connectivity index (χ1n) is 12.0. The molecule has 3 fully saturated rings. The van der Waals surface area contributed by atoms with Gasteiger partial charge in [0.15, 0.2) is 6.29 Å². The van der Waals surface area contributed by atoms with E-state index in [-0.39, 0.29) is 6.29 Å². The molecule has 3 aliphatic rings. The van der Waals surface area contributed by atoms with Crippen LogP contribution in [0.25, 0.3) is 0 Å². The van der Waals surface area contributed by atoms with Gasteiger partial charge in [0.05, 0.1) is 13.2 Å². The average Bonchev–Trinajstić information content (AvgIpc) is 2.77. The molecule has 4 rings (SSSR count). The van der Waals surface area contributed by atoms with Gasteiger partial charge in [-0.1, -0.05) is 77.6 Å². The molecule has 0 amide bonds. The fourth-order valence-corrected chi connectivity index (χ4v) is 5.26. The van der Waals surface area contributed by atoms with E-state index >= 15 is 0 Å². The van der Waals surface area contributed by atoms with E-state index in [1.807, 2.05) is 13.8 Å². The van der Waals surface area contributed by atoms with E-state index in [2.05, 4.69) is 38.1 Å². The van der Waals surface area contributed by atoms with Crippen molar-refractivity contribution in [1.82, 2.24) is 0 Å². The quantitative estimate of drug-likeness (QED) is 0.535. The van der Waals surface area contributed by atoms with Crippen molar-refractivity contribution in [1.29, 1.82) is 0 Å². The third kappa shape index (κ3) is 5.60. The minimum absolute atomic E-state index is 0.158. The molecule has 1 heterocycles. The van der Waals surface area contributed by atoms with Gasteiger partial charge in [-0.15, -0.1) is 0 Å². The van der Waals surface area contributed by atoms with Crippen LogP contribution in [0.1, 0.15) is 102 Å². The van der Waals surface area contributed by atoms with Crippen LogP contribution in [-0.4, -0.2) is 13.2 Å². The lowest BCUT2D eigenvalue weighted by Gasteiger charge is -2.37. The third-order valence-electron chi connectivity index (χ3n) is 7.35. The number of rotatable bonds is 3. The molecule has 2 aliphatic carbocycles. The molecule has 2 heteroatoms. The van der Waals surface area contributed by atoms with Gasteiger partial charge in [-0.2, -0.15) is 0 Å². The maximum atomic E-state index is 6.13. The van der Waals surface area contributed by atoms with Gasteiger partial charge in [0.2, 0.25) is 0 Å². The highest BCUT2D eigenvalue weighted by Gasteiger charge is 2.31. The van der Waals surface area contributed by atoms with E-state index in [1.54, 1.807) is 0 Å². The van der Waals surface area contributed by atoms with E-state index in [4.69, 9.17) is 9.47 Å². The predicted octanol–water partition coefficient (Wildman–Crippen LogP) is 7.49. The molecule has 0 unspecified atom stereocenters. The lowest BCUT2D eigenvalue weighted by molar-refractivity contribution is -0.214. The third-order valence-corrected chi connectivity index (χ3v) is 7.35. The Kier molecular flexibility index (Phi) is 8.41. The molecule has 158 valence electrons. The molecule has 1 aromatic rings. The van der Waals surface area contributed by atoms with Gasteiger partial charge in [0.1, 0.15) is 0 Å². The van der Waals surface area contributed by atoms with Gasteiger partial charge in [0.25, 0.3) is 0 Å². The second-order valence-electron chi connectivity index (χ2n) is 9.40. The van der Waals surface area contributed by atoms with Crippen LogP contribution in [0.2, 0.25) is 0 Å². The highest BCUT2D eigenvalue weighted by atomic mass is 16.7. The summed E-state index contributed by atoms with van der Waals surface area (Å²) in [5.41, 5.74) is 2.69. The first kappa shape index (κ1) is 21.8. The maximum Gasteiger partial charge on any atom is 0.183 e. The summed E-state index contributed by atoms with van der Waals surface area (Å²) < 4.78 is 12.3. The van der Waals surface area contributed by atoms with Crippen LogP contribution in [0.5, 0.6) is 0 Å². The standard InChI is InChI=1S/C24H36O2.C2H6/c1-17-3-7-19(8-4-17)20-11-13-22(14-12-20)24-25-15-23(16-26-24)21-9-5-18(2)6-10-21;1-2/h11-14,17-19,21,23-24H,3-10,15-16H2,1-2H3;1-2H3. The summed E-state index contributed by atoms with van der Waals surface area (Å²) in [5, 5.41) is 0. The van der Waals surface area contributed by atoms with Crippen LogP contribution in [0.4, 0.5) is 0 Å². The SMILES string of the molecule is CC.CC1CCC(c2ccc(C3OCC(C4CCC(C)CC4)CO3)cc2)CC1. The minimum atomic E-state index is -0.158. The normalized spacial score (nSPS) is 36.3. The zero-order chi connectivity index (χ0) is 19.9. The van der Waals surface area contributed by atoms with E-state index in [1.165, 1.54) is 62.5 Å². The molecule has 0 spiro atoms. The van der Waals surface area contributed by atoms with Crippen LogP contribution < -0.4 is 0 Å². The molecular formula is C26H42O2. The second-order valence-corrected chi connectivity index (χ2v) is 9.40. The van der Waals surface area contributed by atoms with E-state index in [0.29, 0.717) is 5.92 Å². The Balaban J connectivity index is 0.00000109. The van der Waals surface area contributed by atoms with Gasteiger partial charge >= 0.3 is 0 Å². The van der Waals surface area contributed by atoms with E-state index < -0.39 is 0 Å². The molecule has 0 radical (unpaired) electrons. The molecular weight excluding hydrogens is 344 g/mol. The van der Waals surface area contributed by atoms with Crippen molar-refractivity contribution in [3.05, 3.63) is 35.4 Å². The Morgan fingerprint density at radius 3 is 1.61 bits per heavy atom. The van der Waals surface area contributed by atoms with Gasteiger partial charge in [-0.05, 0) is 54.9 Å². The molecule has 1 saturated heterocycles. The smallest absolute Gasteiger partial charge is 0.183 e. The predicted molar refractivity (Wildman–Crippen MR) is 117 cm³/mol. The number of hydrogen-bond acceptors (Lipinski definition) is 2. The van der Waals surface area contributed by atoms with Crippen LogP contribution >= 0.6 is 0 Å². The van der Waals surface area contributed by atoms with Crippen LogP contribution in [0.3, 0.4) is 0 Å². The van der Waals surface area contributed by atoms with Crippen molar-refractivity contribution in [2.24, 2.45) is 23.7 Å². The Hall–Kier alpha value is -0.860. The molecule has 2 nitrogen and oxygen atoms in total. The van der Waals surface area contributed by atoms with Gasteiger partial charge in [-0.3, -0.25) is 0 Å². The summed E-state index contributed by atoms with van der Waals surface area (Å²) in [6.45, 7) is 10.5. The number of hydrogen-bond donors (Lipinski definition) is 0. The molecule has 1 aliphatic heterocycles. The van der Waals surface area contributed by atoms with Crippen molar-refractivity contribution in [3.63, 3.8) is 0 Å². The monoisotopic (exact) mass is 386 g/mol. The minimum Gasteiger partial charge on any atom is -0.348 e. The fourth-order valence-electron chi connectivity index (χ4n) is 5.26. The van der Waals surface area contributed by atoms with Gasteiger partial charge in [0, 0.05) is 11.5 Å². The highest BCUT2D eigenvalue weighted by molar-refractivity contribution is 5.26. The zero-order valence-corrected chi connectivity index (χ0v) is 18.7. The average molecular weight is 387 g/mol. The lowest BCUT2D eigenvalue weighted by atomic mass is 9.76. The van der Waals surface area contributed by atoms with Gasteiger partial charge in [-0.25, -0.2) is 0 Å². The Labute approximate surface area is 173 Å². The summed E-state index contributed by atoms with van der Waals surface area (Å²) in [6.07, 6.45) is 10.8. The molecule has 28 heavy (non-hydrogen) atoms. The van der Waals surface area contributed by atoms with Crippen LogP contribution in [-0.2, 0) is 9.47 Å². The first-order valence-corrected chi connectivity index (χ1v) is 12.0. The summed E-state index contributed by atoms with van der Waals surface area (Å²) in [7, 11) is 0. The summed E-state index contributed by atoms with van der Waals surface area (Å²) in [5.74, 6) is 3.99. The lowest BCUT2D eigenvalue weighted by Crippen LogP contribution is -2.34. The molecule has 0 bridgehead atoms. The zero-order valence-electron chi connectivity index (χ0n) is 18.7. The van der Waals surface area contributed by atoms with Crippen molar-refractivity contribution < 1.29 is 9.47 Å². The number of ether oxygens (including phenoxy) is 2. The molecule has 1 aromatic carbocycles. The summed E-state index contributed by atoms with van der Waals surface area (Å²) >= 11 is 0. The maximum absolute atomic E-state index is 6.13. The molecule has 2 saturated carbocycles. The Bertz CT molecular complexity index is 542. The molecule has 0 N–H and O–H groups in total. The largest absolute Gasteiger partial charge is 0.348 e. The summed E-state index contributed by atoms with van der Waals surface area (Å²) in [4.78, 5) is 0. The highest BCUT2D eigenvalue weighted by Crippen LogP contribution is 2.38.